The Morgan fingerprint density at radius 1 is 1.04 bits per heavy atom. The summed E-state index contributed by atoms with van der Waals surface area (Å²) in [6.45, 7) is 1.62. The van der Waals surface area contributed by atoms with Crippen LogP contribution in [-0.2, 0) is 16.1 Å². The lowest BCUT2D eigenvalue weighted by Gasteiger charge is -2.17. The number of aryl methyl sites for hydroxylation is 1. The molecule has 27 heavy (non-hydrogen) atoms. The van der Waals surface area contributed by atoms with E-state index in [1.165, 1.54) is 31.3 Å². The van der Waals surface area contributed by atoms with Gasteiger partial charge in [-0.05, 0) is 42.3 Å². The molecule has 0 aliphatic heterocycles. The molecule has 0 saturated carbocycles. The van der Waals surface area contributed by atoms with Gasteiger partial charge in [0.25, 0.3) is 5.91 Å². The lowest BCUT2D eigenvalue weighted by atomic mass is 10.1. The molecule has 0 unspecified atom stereocenters. The Morgan fingerprint density at radius 3 is 2.37 bits per heavy atom. The van der Waals surface area contributed by atoms with Crippen LogP contribution < -0.4 is 9.47 Å². The van der Waals surface area contributed by atoms with E-state index >= 15 is 0 Å². The standard InChI is InChI=1S/C20H22FNO5/c1-13-5-7-15(10-18(13)26-4)20(24)27-12-19(23)22(2)11-14-6-8-17(25-3)16(21)9-14/h5-10H,11-12H2,1-4H3. The molecular weight excluding hydrogens is 353 g/mol. The molecule has 0 aliphatic carbocycles. The van der Waals surface area contributed by atoms with Gasteiger partial charge >= 0.3 is 5.97 Å². The monoisotopic (exact) mass is 375 g/mol. The fourth-order valence-electron chi connectivity index (χ4n) is 2.44. The maximum absolute atomic E-state index is 13.7. The van der Waals surface area contributed by atoms with E-state index < -0.39 is 24.3 Å². The second kappa shape index (κ2) is 9.02. The van der Waals surface area contributed by atoms with Crippen molar-refractivity contribution in [3.05, 3.63) is 58.9 Å². The quantitative estimate of drug-likeness (QED) is 0.696. The number of halogens is 1. The molecule has 0 aromatic heterocycles. The average Bonchev–Trinajstić information content (AvgIpc) is 2.66. The summed E-state index contributed by atoms with van der Waals surface area (Å²) < 4.78 is 28.8. The van der Waals surface area contributed by atoms with Gasteiger partial charge in [0.05, 0.1) is 19.8 Å². The topological polar surface area (TPSA) is 65.1 Å². The Morgan fingerprint density at radius 2 is 1.74 bits per heavy atom. The van der Waals surface area contributed by atoms with Crippen molar-refractivity contribution in [1.82, 2.24) is 4.90 Å². The lowest BCUT2D eigenvalue weighted by Crippen LogP contribution is -2.30. The number of ether oxygens (including phenoxy) is 3. The first kappa shape index (κ1) is 20.2. The highest BCUT2D eigenvalue weighted by Crippen LogP contribution is 2.20. The van der Waals surface area contributed by atoms with E-state index in [2.05, 4.69) is 0 Å². The predicted molar refractivity (Wildman–Crippen MR) is 97.4 cm³/mol. The SMILES string of the molecule is COc1cc(C(=O)OCC(=O)N(C)Cc2ccc(OC)c(F)c2)ccc1C. The zero-order valence-corrected chi connectivity index (χ0v) is 15.7. The molecule has 7 heteroatoms. The number of benzene rings is 2. The molecule has 0 fully saturated rings. The van der Waals surface area contributed by atoms with Crippen molar-refractivity contribution in [2.75, 3.05) is 27.9 Å². The van der Waals surface area contributed by atoms with Crippen molar-refractivity contribution in [2.24, 2.45) is 0 Å². The number of hydrogen-bond acceptors (Lipinski definition) is 5. The number of methoxy groups -OCH3 is 2. The highest BCUT2D eigenvalue weighted by atomic mass is 19.1. The molecule has 2 aromatic carbocycles. The molecule has 0 spiro atoms. The maximum Gasteiger partial charge on any atom is 0.338 e. The van der Waals surface area contributed by atoms with E-state index in [4.69, 9.17) is 14.2 Å². The van der Waals surface area contributed by atoms with Crippen molar-refractivity contribution in [3.8, 4) is 11.5 Å². The van der Waals surface area contributed by atoms with E-state index in [0.717, 1.165) is 5.56 Å². The maximum atomic E-state index is 13.7. The highest BCUT2D eigenvalue weighted by molar-refractivity contribution is 5.91. The zero-order valence-electron chi connectivity index (χ0n) is 15.7. The van der Waals surface area contributed by atoms with Gasteiger partial charge in [-0.25, -0.2) is 9.18 Å². The van der Waals surface area contributed by atoms with Gasteiger partial charge in [-0.2, -0.15) is 0 Å². The van der Waals surface area contributed by atoms with Gasteiger partial charge in [0.15, 0.2) is 18.2 Å². The van der Waals surface area contributed by atoms with Gasteiger partial charge in [0, 0.05) is 13.6 Å². The molecule has 0 radical (unpaired) electrons. The fourth-order valence-corrected chi connectivity index (χ4v) is 2.44. The van der Waals surface area contributed by atoms with Crippen molar-refractivity contribution >= 4 is 11.9 Å². The molecule has 0 atom stereocenters. The van der Waals surface area contributed by atoms with Crippen LogP contribution in [0, 0.1) is 12.7 Å². The van der Waals surface area contributed by atoms with Crippen molar-refractivity contribution in [1.29, 1.82) is 0 Å². The molecule has 2 rings (SSSR count). The fraction of sp³-hybridized carbons (Fsp3) is 0.300. The number of nitrogens with zero attached hydrogens (tertiary/aromatic N) is 1. The third kappa shape index (κ3) is 5.20. The summed E-state index contributed by atoms with van der Waals surface area (Å²) in [7, 11) is 4.44. The van der Waals surface area contributed by atoms with E-state index in [9.17, 15) is 14.0 Å². The van der Waals surface area contributed by atoms with Crippen LogP contribution in [0.15, 0.2) is 36.4 Å². The molecule has 1 amide bonds. The van der Waals surface area contributed by atoms with E-state index in [1.807, 2.05) is 6.92 Å². The number of likely N-dealkylation sites (N-methyl/N-ethyl adjacent to an activating group) is 1. The van der Waals surface area contributed by atoms with Gasteiger partial charge in [-0.1, -0.05) is 12.1 Å². The van der Waals surface area contributed by atoms with Gasteiger partial charge in [0.2, 0.25) is 0 Å². The Hall–Kier alpha value is -3.09. The number of carbonyl (C=O) groups excluding carboxylic acids is 2. The van der Waals surface area contributed by atoms with Crippen LogP contribution in [0.5, 0.6) is 11.5 Å². The van der Waals surface area contributed by atoms with Crippen molar-refractivity contribution in [2.45, 2.75) is 13.5 Å². The van der Waals surface area contributed by atoms with Gasteiger partial charge in [-0.15, -0.1) is 0 Å². The minimum Gasteiger partial charge on any atom is -0.496 e. The minimum atomic E-state index is -0.620. The van der Waals surface area contributed by atoms with Crippen LogP contribution in [0.1, 0.15) is 21.5 Å². The Labute approximate surface area is 157 Å². The third-order valence-electron chi connectivity index (χ3n) is 4.03. The Balaban J connectivity index is 1.92. The van der Waals surface area contributed by atoms with Crippen LogP contribution >= 0.6 is 0 Å². The summed E-state index contributed by atoms with van der Waals surface area (Å²) >= 11 is 0. The summed E-state index contributed by atoms with van der Waals surface area (Å²) in [4.78, 5) is 25.6. The van der Waals surface area contributed by atoms with Crippen molar-refractivity contribution in [3.63, 3.8) is 0 Å². The average molecular weight is 375 g/mol. The molecule has 0 heterocycles. The third-order valence-corrected chi connectivity index (χ3v) is 4.03. The summed E-state index contributed by atoms with van der Waals surface area (Å²) in [5, 5.41) is 0. The Kier molecular flexibility index (Phi) is 6.76. The molecule has 0 bridgehead atoms. The van der Waals surface area contributed by atoms with Gasteiger partial charge < -0.3 is 19.1 Å². The summed E-state index contributed by atoms with van der Waals surface area (Å²) in [5.41, 5.74) is 1.78. The minimum absolute atomic E-state index is 0.134. The van der Waals surface area contributed by atoms with Crippen LogP contribution in [-0.4, -0.2) is 44.7 Å². The first-order chi connectivity index (χ1) is 12.8. The van der Waals surface area contributed by atoms with Crippen LogP contribution in [0.2, 0.25) is 0 Å². The molecule has 2 aromatic rings. The van der Waals surface area contributed by atoms with Crippen LogP contribution in [0.4, 0.5) is 4.39 Å². The molecule has 0 saturated heterocycles. The van der Waals surface area contributed by atoms with Crippen LogP contribution in [0.3, 0.4) is 0 Å². The molecule has 0 N–H and O–H groups in total. The number of rotatable bonds is 7. The highest BCUT2D eigenvalue weighted by Gasteiger charge is 2.15. The number of esters is 1. The lowest BCUT2D eigenvalue weighted by molar-refractivity contribution is -0.133. The van der Waals surface area contributed by atoms with Gasteiger partial charge in [-0.3, -0.25) is 4.79 Å². The smallest absolute Gasteiger partial charge is 0.338 e. The first-order valence-electron chi connectivity index (χ1n) is 8.23. The summed E-state index contributed by atoms with van der Waals surface area (Å²) in [6, 6.07) is 9.36. The van der Waals surface area contributed by atoms with Gasteiger partial charge in [0.1, 0.15) is 5.75 Å². The van der Waals surface area contributed by atoms with E-state index in [0.29, 0.717) is 16.9 Å². The van der Waals surface area contributed by atoms with E-state index in [-0.39, 0.29) is 12.3 Å². The first-order valence-corrected chi connectivity index (χ1v) is 8.23. The molecule has 144 valence electrons. The second-order valence-electron chi connectivity index (χ2n) is 5.98. The number of amides is 1. The largest absolute Gasteiger partial charge is 0.496 e. The predicted octanol–water partition coefficient (Wildman–Crippen LogP) is 2.97. The normalized spacial score (nSPS) is 10.3. The Bertz CT molecular complexity index is 837. The van der Waals surface area contributed by atoms with Crippen LogP contribution in [0.25, 0.3) is 0 Å². The molecule has 0 aliphatic rings. The summed E-state index contributed by atoms with van der Waals surface area (Å²) in [5.74, 6) is -0.829. The number of hydrogen-bond donors (Lipinski definition) is 0. The summed E-state index contributed by atoms with van der Waals surface area (Å²) in [6.07, 6.45) is 0. The van der Waals surface area contributed by atoms with E-state index in [1.54, 1.807) is 31.3 Å². The van der Waals surface area contributed by atoms with Crippen molar-refractivity contribution < 1.29 is 28.2 Å². The zero-order chi connectivity index (χ0) is 20.0. The molecular formula is C20H22FNO5. The number of carbonyl (C=O) groups is 2. The second-order valence-corrected chi connectivity index (χ2v) is 5.98. The molecule has 6 nitrogen and oxygen atoms in total.